The zero-order valence-corrected chi connectivity index (χ0v) is 16.9. The normalized spacial score (nSPS) is 29.2. The topological polar surface area (TPSA) is 52.6 Å². The number of likely N-dealkylation sites (tertiary alicyclic amines) is 1. The lowest BCUT2D eigenvalue weighted by Gasteiger charge is -2.50. The van der Waals surface area contributed by atoms with Gasteiger partial charge in [-0.05, 0) is 56.1 Å². The minimum Gasteiger partial charge on any atom is -0.383 e. The van der Waals surface area contributed by atoms with E-state index >= 15 is 0 Å². The van der Waals surface area contributed by atoms with E-state index in [1.807, 2.05) is 6.92 Å². The number of rotatable bonds is 2. The molecule has 156 valence electrons. The van der Waals surface area contributed by atoms with Crippen LogP contribution in [-0.2, 0) is 0 Å². The van der Waals surface area contributed by atoms with E-state index in [2.05, 4.69) is 5.32 Å². The van der Waals surface area contributed by atoms with Crippen LogP contribution < -0.4 is 5.32 Å². The van der Waals surface area contributed by atoms with Crippen LogP contribution in [0.1, 0.15) is 32.6 Å². The molecule has 1 aliphatic carbocycles. The number of hydrogen-bond acceptors (Lipinski definition) is 2. The maximum atomic E-state index is 13.1. The molecule has 1 aliphatic heterocycles. The second kappa shape index (κ2) is 8.28. The van der Waals surface area contributed by atoms with Crippen LogP contribution in [-0.4, -0.2) is 40.9 Å². The number of halogens is 5. The summed E-state index contributed by atoms with van der Waals surface area (Å²) >= 11 is 12.2. The van der Waals surface area contributed by atoms with Crippen molar-refractivity contribution in [2.75, 3.05) is 11.9 Å². The summed E-state index contributed by atoms with van der Waals surface area (Å²) in [5, 5.41) is 13.2. The van der Waals surface area contributed by atoms with E-state index < -0.39 is 18.2 Å². The van der Waals surface area contributed by atoms with E-state index in [0.717, 1.165) is 6.42 Å². The lowest BCUT2D eigenvalue weighted by molar-refractivity contribution is -0.232. The molecule has 0 radical (unpaired) electrons. The van der Waals surface area contributed by atoms with Crippen molar-refractivity contribution < 1.29 is 23.1 Å². The van der Waals surface area contributed by atoms with E-state index in [9.17, 15) is 23.1 Å². The highest BCUT2D eigenvalue weighted by molar-refractivity contribution is 6.39. The van der Waals surface area contributed by atoms with Crippen molar-refractivity contribution in [1.29, 1.82) is 0 Å². The van der Waals surface area contributed by atoms with Crippen LogP contribution in [0.15, 0.2) is 18.2 Å². The Kier molecular flexibility index (Phi) is 6.37. The van der Waals surface area contributed by atoms with Crippen molar-refractivity contribution in [3.05, 3.63) is 28.2 Å². The highest BCUT2D eigenvalue weighted by atomic mass is 35.5. The molecule has 0 spiro atoms. The molecule has 5 atom stereocenters. The van der Waals surface area contributed by atoms with Gasteiger partial charge >= 0.3 is 12.2 Å². The zero-order valence-electron chi connectivity index (χ0n) is 15.3. The van der Waals surface area contributed by atoms with Crippen molar-refractivity contribution in [2.24, 2.45) is 17.8 Å². The molecule has 1 aromatic carbocycles. The Hall–Kier alpha value is -1.18. The first-order valence-electron chi connectivity index (χ1n) is 9.37. The average molecular weight is 439 g/mol. The number of para-hydroxylation sites is 1. The largest absolute Gasteiger partial charge is 0.414 e. The summed E-state index contributed by atoms with van der Waals surface area (Å²) in [5.74, 6) is -1.16. The summed E-state index contributed by atoms with van der Waals surface area (Å²) in [7, 11) is 0. The summed E-state index contributed by atoms with van der Waals surface area (Å²) in [6.45, 7) is 2.17. The third-order valence-corrected chi connectivity index (χ3v) is 6.82. The van der Waals surface area contributed by atoms with Gasteiger partial charge in [-0.25, -0.2) is 4.79 Å². The number of aliphatic hydroxyl groups excluding tert-OH is 1. The highest BCUT2D eigenvalue weighted by Gasteiger charge is 2.51. The molecule has 2 fully saturated rings. The van der Waals surface area contributed by atoms with Crippen molar-refractivity contribution in [3.63, 3.8) is 0 Å². The van der Waals surface area contributed by atoms with Gasteiger partial charge in [-0.3, -0.25) is 0 Å². The Morgan fingerprint density at radius 1 is 1.21 bits per heavy atom. The summed E-state index contributed by atoms with van der Waals surface area (Å²) < 4.78 is 39.2. The number of amides is 2. The number of nitrogens with one attached hydrogen (secondary N) is 1. The second-order valence-corrected chi connectivity index (χ2v) is 8.47. The molecule has 1 saturated heterocycles. The van der Waals surface area contributed by atoms with Gasteiger partial charge in [-0.2, -0.15) is 13.2 Å². The second-order valence-electron chi connectivity index (χ2n) is 7.66. The van der Waals surface area contributed by atoms with Gasteiger partial charge in [0, 0.05) is 12.6 Å². The maximum Gasteiger partial charge on any atom is 0.414 e. The van der Waals surface area contributed by atoms with E-state index in [1.165, 1.54) is 0 Å². The van der Waals surface area contributed by atoms with Crippen LogP contribution in [0.25, 0.3) is 0 Å². The van der Waals surface area contributed by atoms with E-state index in [1.54, 1.807) is 23.1 Å². The Morgan fingerprint density at radius 2 is 1.86 bits per heavy atom. The van der Waals surface area contributed by atoms with Crippen LogP contribution in [0.4, 0.5) is 23.7 Å². The predicted molar refractivity (Wildman–Crippen MR) is 103 cm³/mol. The van der Waals surface area contributed by atoms with Crippen LogP contribution in [0.2, 0.25) is 10.0 Å². The van der Waals surface area contributed by atoms with Gasteiger partial charge < -0.3 is 15.3 Å². The number of hydrogen-bond donors (Lipinski definition) is 2. The molecule has 28 heavy (non-hydrogen) atoms. The Morgan fingerprint density at radius 3 is 2.46 bits per heavy atom. The van der Waals surface area contributed by atoms with Gasteiger partial charge in [0.05, 0.1) is 15.7 Å². The van der Waals surface area contributed by atoms with Gasteiger partial charge in [-0.15, -0.1) is 0 Å². The summed E-state index contributed by atoms with van der Waals surface area (Å²) in [6, 6.07) is 4.27. The maximum absolute atomic E-state index is 13.1. The number of anilines is 1. The number of carbonyl (C=O) groups is 1. The molecule has 0 aromatic heterocycles. The Labute approximate surface area is 172 Å². The smallest absolute Gasteiger partial charge is 0.383 e. The van der Waals surface area contributed by atoms with Crippen LogP contribution in [0, 0.1) is 17.8 Å². The number of urea groups is 1. The first kappa shape index (κ1) is 21.5. The van der Waals surface area contributed by atoms with Gasteiger partial charge in [0.15, 0.2) is 6.10 Å². The molecular weight excluding hydrogens is 416 g/mol. The van der Waals surface area contributed by atoms with Gasteiger partial charge in [0.1, 0.15) is 0 Å². The predicted octanol–water partition coefficient (Wildman–Crippen LogP) is 5.58. The van der Waals surface area contributed by atoms with Crippen LogP contribution >= 0.6 is 23.2 Å². The molecule has 1 heterocycles. The molecule has 9 heteroatoms. The number of alkyl halides is 3. The number of carbonyl (C=O) groups excluding carboxylic acids is 1. The number of piperidine rings is 1. The molecule has 0 bridgehead atoms. The minimum absolute atomic E-state index is 0.0861. The molecule has 3 rings (SSSR count). The standard InChI is InChI=1S/C19H23Cl2F3N2O2/c1-10-11-4-2-5-13(17(27)19(22,23)24)12(11)8-9-26(10)18(28)25-16-14(20)6-3-7-15(16)21/h3,6-7,10-13,17,27H,2,4-5,8-9H2,1H3,(H,25,28)/t10-,11+,12+,13+,17-/m0/s1. The molecule has 4 nitrogen and oxygen atoms in total. The first-order valence-corrected chi connectivity index (χ1v) is 10.1. The number of benzene rings is 1. The molecular formula is C19H23Cl2F3N2O2. The van der Waals surface area contributed by atoms with Crippen molar-refractivity contribution in [1.82, 2.24) is 4.90 Å². The van der Waals surface area contributed by atoms with E-state index in [0.29, 0.717) is 41.5 Å². The average Bonchev–Trinajstić information content (AvgIpc) is 2.63. The van der Waals surface area contributed by atoms with Gasteiger partial charge in [0.2, 0.25) is 0 Å². The Bertz CT molecular complexity index is 711. The fraction of sp³-hybridized carbons (Fsp3) is 0.632. The lowest BCUT2D eigenvalue weighted by atomic mass is 9.64. The fourth-order valence-corrected chi connectivity index (χ4v) is 5.29. The fourth-order valence-electron chi connectivity index (χ4n) is 4.80. The molecule has 2 amide bonds. The monoisotopic (exact) mass is 438 g/mol. The minimum atomic E-state index is -4.62. The van der Waals surface area contributed by atoms with E-state index in [-0.39, 0.29) is 23.9 Å². The SMILES string of the molecule is C[C@H]1[C@H]2CCC[C@@H]([C@H](O)C(F)(F)F)[C@@H]2CCN1C(=O)Nc1c(Cl)cccc1Cl. The highest BCUT2D eigenvalue weighted by Crippen LogP contribution is 2.47. The van der Waals surface area contributed by atoms with Gasteiger partial charge in [-0.1, -0.05) is 35.7 Å². The third-order valence-electron chi connectivity index (χ3n) is 6.19. The molecule has 0 unspecified atom stereocenters. The van der Waals surface area contributed by atoms with Gasteiger partial charge in [0.25, 0.3) is 0 Å². The molecule has 2 N–H and O–H groups in total. The number of nitrogens with zero attached hydrogens (tertiary/aromatic N) is 1. The Balaban J connectivity index is 1.73. The third kappa shape index (κ3) is 4.21. The van der Waals surface area contributed by atoms with Crippen molar-refractivity contribution >= 4 is 34.9 Å². The van der Waals surface area contributed by atoms with E-state index in [4.69, 9.17) is 23.2 Å². The van der Waals surface area contributed by atoms with Crippen LogP contribution in [0.5, 0.6) is 0 Å². The quantitative estimate of drug-likeness (QED) is 0.633. The zero-order chi connectivity index (χ0) is 20.6. The summed E-state index contributed by atoms with van der Waals surface area (Å²) in [5.41, 5.74) is 0.319. The van der Waals surface area contributed by atoms with Crippen molar-refractivity contribution in [2.45, 2.75) is 50.9 Å². The van der Waals surface area contributed by atoms with Crippen molar-refractivity contribution in [3.8, 4) is 0 Å². The number of aliphatic hydroxyl groups is 1. The summed E-state index contributed by atoms with van der Waals surface area (Å²) in [4.78, 5) is 14.4. The molecule has 1 saturated carbocycles. The molecule has 2 aliphatic rings. The van der Waals surface area contributed by atoms with Crippen LogP contribution in [0.3, 0.4) is 0 Å². The lowest BCUT2D eigenvalue weighted by Crippen LogP contribution is -2.56. The molecule has 1 aromatic rings. The first-order chi connectivity index (χ1) is 13.1. The number of fused-ring (bicyclic) bond motifs is 1. The summed E-state index contributed by atoms with van der Waals surface area (Å²) in [6.07, 6.45) is -4.80.